The Hall–Kier alpha value is -1.26. The summed E-state index contributed by atoms with van der Waals surface area (Å²) in [5.74, 6) is -0.642. The number of nitrogens with zero attached hydrogens (tertiary/aromatic N) is 1. The van der Waals surface area contributed by atoms with Crippen LogP contribution in [0.4, 0.5) is 4.79 Å². The van der Waals surface area contributed by atoms with E-state index >= 15 is 0 Å². The lowest BCUT2D eigenvalue weighted by molar-refractivity contribution is -0.149. The minimum Gasteiger partial charge on any atom is -0.466 e. The molecule has 2 unspecified atom stereocenters. The Balaban J connectivity index is 4.68. The molecule has 0 aromatic rings. The van der Waals surface area contributed by atoms with E-state index < -0.39 is 0 Å². The summed E-state index contributed by atoms with van der Waals surface area (Å²) in [6, 6.07) is -0.233. The standard InChI is InChI=1S/C13H25NO4/c1-6-9-14(13(16)18-8-3)11(5)10(4)12(15)17-7-2/h10-11H,6-9H2,1-5H3. The van der Waals surface area contributed by atoms with Gasteiger partial charge in [0.25, 0.3) is 0 Å². The van der Waals surface area contributed by atoms with Gasteiger partial charge >= 0.3 is 12.1 Å². The highest BCUT2D eigenvalue weighted by Gasteiger charge is 2.30. The lowest BCUT2D eigenvalue weighted by atomic mass is 10.0. The Morgan fingerprint density at radius 2 is 1.61 bits per heavy atom. The molecular formula is C13H25NO4. The highest BCUT2D eigenvalue weighted by molar-refractivity contribution is 5.74. The van der Waals surface area contributed by atoms with Gasteiger partial charge in [0.15, 0.2) is 0 Å². The van der Waals surface area contributed by atoms with Crippen LogP contribution in [0, 0.1) is 5.92 Å². The quantitative estimate of drug-likeness (QED) is 0.659. The molecule has 1 amide bonds. The molecule has 0 aliphatic rings. The van der Waals surface area contributed by atoms with Gasteiger partial charge in [-0.2, -0.15) is 0 Å². The molecule has 0 saturated carbocycles. The predicted molar refractivity (Wildman–Crippen MR) is 69.3 cm³/mol. The first-order valence-corrected chi connectivity index (χ1v) is 6.59. The second-order valence-corrected chi connectivity index (χ2v) is 4.17. The molecule has 106 valence electrons. The monoisotopic (exact) mass is 259 g/mol. The van der Waals surface area contributed by atoms with E-state index in [-0.39, 0.29) is 24.0 Å². The molecule has 0 aliphatic heterocycles. The third-order valence-electron chi connectivity index (χ3n) is 2.84. The molecule has 0 rings (SSSR count). The minimum atomic E-state index is -0.372. The average molecular weight is 259 g/mol. The van der Waals surface area contributed by atoms with Gasteiger partial charge in [0.2, 0.25) is 0 Å². The van der Waals surface area contributed by atoms with E-state index in [4.69, 9.17) is 9.47 Å². The van der Waals surface area contributed by atoms with E-state index in [0.29, 0.717) is 19.8 Å². The third-order valence-corrected chi connectivity index (χ3v) is 2.84. The fourth-order valence-corrected chi connectivity index (χ4v) is 1.65. The Morgan fingerprint density at radius 3 is 2.06 bits per heavy atom. The van der Waals surface area contributed by atoms with Crippen molar-refractivity contribution < 1.29 is 19.1 Å². The molecule has 0 aromatic carbocycles. The number of carbonyl (C=O) groups is 2. The summed E-state index contributed by atoms with van der Waals surface area (Å²) in [5.41, 5.74) is 0. The fourth-order valence-electron chi connectivity index (χ4n) is 1.65. The van der Waals surface area contributed by atoms with Gasteiger partial charge in [-0.1, -0.05) is 6.92 Å². The zero-order valence-electron chi connectivity index (χ0n) is 12.1. The van der Waals surface area contributed by atoms with Gasteiger partial charge in [-0.25, -0.2) is 4.79 Å². The Kier molecular flexibility index (Phi) is 8.16. The van der Waals surface area contributed by atoms with Crippen LogP contribution in [-0.4, -0.2) is 42.8 Å². The first kappa shape index (κ1) is 16.7. The lowest BCUT2D eigenvalue weighted by Gasteiger charge is -2.31. The molecule has 0 aromatic heterocycles. The van der Waals surface area contributed by atoms with Crippen molar-refractivity contribution in [3.05, 3.63) is 0 Å². The van der Waals surface area contributed by atoms with E-state index in [1.54, 1.807) is 25.7 Å². The van der Waals surface area contributed by atoms with Crippen molar-refractivity contribution in [1.82, 2.24) is 4.90 Å². The van der Waals surface area contributed by atoms with E-state index in [0.717, 1.165) is 6.42 Å². The summed E-state index contributed by atoms with van der Waals surface area (Å²) in [6.07, 6.45) is 0.446. The largest absolute Gasteiger partial charge is 0.466 e. The second-order valence-electron chi connectivity index (χ2n) is 4.17. The third kappa shape index (κ3) is 4.94. The van der Waals surface area contributed by atoms with Crippen LogP contribution in [-0.2, 0) is 14.3 Å². The fraction of sp³-hybridized carbons (Fsp3) is 0.846. The van der Waals surface area contributed by atoms with E-state index in [9.17, 15) is 9.59 Å². The minimum absolute atomic E-state index is 0.233. The van der Waals surface area contributed by atoms with Crippen molar-refractivity contribution >= 4 is 12.1 Å². The summed E-state index contributed by atoms with van der Waals surface area (Å²) < 4.78 is 9.98. The van der Waals surface area contributed by atoms with Gasteiger partial charge in [0.05, 0.1) is 19.1 Å². The maximum absolute atomic E-state index is 11.8. The van der Waals surface area contributed by atoms with Gasteiger partial charge in [-0.05, 0) is 34.1 Å². The highest BCUT2D eigenvalue weighted by Crippen LogP contribution is 2.14. The van der Waals surface area contributed by atoms with Crippen LogP contribution in [0.5, 0.6) is 0 Å². The molecule has 2 atom stereocenters. The summed E-state index contributed by atoms with van der Waals surface area (Å²) in [6.45, 7) is 10.4. The predicted octanol–water partition coefficient (Wildman–Crippen LogP) is 2.44. The first-order valence-electron chi connectivity index (χ1n) is 6.59. The van der Waals surface area contributed by atoms with Crippen molar-refractivity contribution in [2.45, 2.75) is 47.1 Å². The number of amides is 1. The Morgan fingerprint density at radius 1 is 1.06 bits per heavy atom. The summed E-state index contributed by atoms with van der Waals surface area (Å²) in [4.78, 5) is 25.1. The smallest absolute Gasteiger partial charge is 0.410 e. The second kappa shape index (κ2) is 8.78. The van der Waals surface area contributed by atoms with Crippen molar-refractivity contribution in [2.24, 2.45) is 5.92 Å². The van der Waals surface area contributed by atoms with Gasteiger partial charge in [-0.3, -0.25) is 4.79 Å². The van der Waals surface area contributed by atoms with Crippen LogP contribution in [0.25, 0.3) is 0 Å². The summed E-state index contributed by atoms with van der Waals surface area (Å²) in [5, 5.41) is 0. The first-order chi connectivity index (χ1) is 8.49. The summed E-state index contributed by atoms with van der Waals surface area (Å²) in [7, 11) is 0. The zero-order chi connectivity index (χ0) is 14.1. The number of hydrogen-bond donors (Lipinski definition) is 0. The van der Waals surface area contributed by atoms with Crippen LogP contribution in [0.2, 0.25) is 0 Å². The molecule has 0 aliphatic carbocycles. The van der Waals surface area contributed by atoms with E-state index in [1.807, 2.05) is 13.8 Å². The van der Waals surface area contributed by atoms with E-state index in [2.05, 4.69) is 0 Å². The van der Waals surface area contributed by atoms with Gasteiger partial charge in [-0.15, -0.1) is 0 Å². The van der Waals surface area contributed by atoms with Crippen LogP contribution in [0.15, 0.2) is 0 Å². The number of ether oxygens (including phenoxy) is 2. The van der Waals surface area contributed by atoms with Crippen LogP contribution < -0.4 is 0 Å². The average Bonchev–Trinajstić information content (AvgIpc) is 2.34. The molecule has 5 heteroatoms. The molecule has 0 spiro atoms. The molecule has 0 radical (unpaired) electrons. The molecule has 0 saturated heterocycles. The molecule has 0 bridgehead atoms. The van der Waals surface area contributed by atoms with Gasteiger partial charge in [0, 0.05) is 12.6 Å². The molecule has 0 heterocycles. The molecular weight excluding hydrogens is 234 g/mol. The maximum atomic E-state index is 11.8. The maximum Gasteiger partial charge on any atom is 0.410 e. The van der Waals surface area contributed by atoms with Crippen molar-refractivity contribution in [1.29, 1.82) is 0 Å². The van der Waals surface area contributed by atoms with Crippen molar-refractivity contribution in [3.8, 4) is 0 Å². The van der Waals surface area contributed by atoms with Crippen LogP contribution >= 0.6 is 0 Å². The molecule has 0 fully saturated rings. The van der Waals surface area contributed by atoms with E-state index in [1.165, 1.54) is 0 Å². The van der Waals surface area contributed by atoms with Crippen molar-refractivity contribution in [2.75, 3.05) is 19.8 Å². The zero-order valence-corrected chi connectivity index (χ0v) is 12.1. The molecule has 0 N–H and O–H groups in total. The Labute approximate surface area is 109 Å². The molecule has 18 heavy (non-hydrogen) atoms. The summed E-state index contributed by atoms with van der Waals surface area (Å²) >= 11 is 0. The van der Waals surface area contributed by atoms with Crippen LogP contribution in [0.1, 0.15) is 41.0 Å². The highest BCUT2D eigenvalue weighted by atomic mass is 16.6. The SMILES string of the molecule is CCCN(C(=O)OCC)C(C)C(C)C(=O)OCC. The molecule has 5 nitrogen and oxygen atoms in total. The Bertz CT molecular complexity index is 268. The van der Waals surface area contributed by atoms with Gasteiger partial charge in [0.1, 0.15) is 0 Å². The number of rotatable bonds is 7. The number of hydrogen-bond acceptors (Lipinski definition) is 4. The normalized spacial score (nSPS) is 13.6. The van der Waals surface area contributed by atoms with Crippen LogP contribution in [0.3, 0.4) is 0 Å². The number of carbonyl (C=O) groups excluding carboxylic acids is 2. The number of esters is 1. The van der Waals surface area contributed by atoms with Crippen molar-refractivity contribution in [3.63, 3.8) is 0 Å². The lowest BCUT2D eigenvalue weighted by Crippen LogP contribution is -2.45. The topological polar surface area (TPSA) is 55.8 Å². The van der Waals surface area contributed by atoms with Gasteiger partial charge < -0.3 is 14.4 Å².